The molecule has 1 saturated carbocycles. The van der Waals surface area contributed by atoms with E-state index in [4.69, 9.17) is 0 Å². The Labute approximate surface area is 121 Å². The lowest BCUT2D eigenvalue weighted by Crippen LogP contribution is -2.36. The molecule has 1 atom stereocenters. The maximum Gasteiger partial charge on any atom is 0.243 e. The van der Waals surface area contributed by atoms with E-state index in [9.17, 15) is 9.18 Å². The second kappa shape index (κ2) is 5.59. The summed E-state index contributed by atoms with van der Waals surface area (Å²) in [4.78, 5) is 13.1. The number of amides is 1. The molecule has 1 aliphatic carbocycles. The number of aromatic nitrogens is 4. The summed E-state index contributed by atoms with van der Waals surface area (Å²) >= 11 is 0. The van der Waals surface area contributed by atoms with E-state index in [0.717, 1.165) is 0 Å². The number of carbonyl (C=O) groups excluding carboxylic acids is 1. The van der Waals surface area contributed by atoms with Crippen LogP contribution < -0.4 is 5.32 Å². The third-order valence-electron chi connectivity index (χ3n) is 3.54. The van der Waals surface area contributed by atoms with Crippen LogP contribution in [0, 0.1) is 11.7 Å². The Kier molecular flexibility index (Phi) is 3.64. The fraction of sp³-hybridized carbons (Fsp3) is 0.429. The van der Waals surface area contributed by atoms with Crippen LogP contribution in [0.4, 0.5) is 4.39 Å². The van der Waals surface area contributed by atoms with E-state index >= 15 is 0 Å². The summed E-state index contributed by atoms with van der Waals surface area (Å²) in [5.74, 6) is 0.399. The van der Waals surface area contributed by atoms with Crippen molar-refractivity contribution in [3.8, 4) is 11.4 Å². The lowest BCUT2D eigenvalue weighted by Gasteiger charge is -2.11. The highest BCUT2D eigenvalue weighted by Crippen LogP contribution is 2.32. The van der Waals surface area contributed by atoms with Crippen LogP contribution in [0.25, 0.3) is 11.4 Å². The summed E-state index contributed by atoms with van der Waals surface area (Å²) in [6.45, 7) is 2.02. The molecule has 1 heterocycles. The molecule has 0 bridgehead atoms. The smallest absolute Gasteiger partial charge is 0.243 e. The Morgan fingerprint density at radius 3 is 3.05 bits per heavy atom. The minimum Gasteiger partial charge on any atom is -0.352 e. The molecule has 21 heavy (non-hydrogen) atoms. The van der Waals surface area contributed by atoms with Crippen molar-refractivity contribution in [2.45, 2.75) is 32.4 Å². The van der Waals surface area contributed by atoms with Gasteiger partial charge in [-0.2, -0.15) is 4.80 Å². The van der Waals surface area contributed by atoms with Crippen molar-refractivity contribution in [2.24, 2.45) is 5.92 Å². The number of halogens is 1. The van der Waals surface area contributed by atoms with Crippen LogP contribution in [-0.2, 0) is 11.3 Å². The van der Waals surface area contributed by atoms with Gasteiger partial charge in [-0.25, -0.2) is 4.39 Å². The number of nitrogens with zero attached hydrogens (tertiary/aromatic N) is 4. The van der Waals surface area contributed by atoms with Crippen molar-refractivity contribution >= 4 is 5.91 Å². The summed E-state index contributed by atoms with van der Waals surface area (Å²) in [5, 5.41) is 14.7. The molecule has 0 saturated heterocycles. The Balaban J connectivity index is 1.63. The van der Waals surface area contributed by atoms with Crippen LogP contribution in [0.5, 0.6) is 0 Å². The van der Waals surface area contributed by atoms with Crippen LogP contribution in [0.3, 0.4) is 0 Å². The third kappa shape index (κ3) is 3.42. The zero-order valence-corrected chi connectivity index (χ0v) is 11.7. The number of nitrogens with one attached hydrogen (secondary N) is 1. The van der Waals surface area contributed by atoms with Gasteiger partial charge < -0.3 is 5.32 Å². The van der Waals surface area contributed by atoms with E-state index in [2.05, 4.69) is 20.7 Å². The van der Waals surface area contributed by atoms with Crippen LogP contribution >= 0.6 is 0 Å². The van der Waals surface area contributed by atoms with Gasteiger partial charge in [0.1, 0.15) is 12.4 Å². The molecular weight excluding hydrogens is 273 g/mol. The van der Waals surface area contributed by atoms with Gasteiger partial charge in [0.25, 0.3) is 0 Å². The minimum absolute atomic E-state index is 0.0133. The fourth-order valence-electron chi connectivity index (χ4n) is 2.20. The molecule has 1 amide bonds. The summed E-state index contributed by atoms with van der Waals surface area (Å²) in [5.41, 5.74) is 0.535. The van der Waals surface area contributed by atoms with Gasteiger partial charge >= 0.3 is 0 Å². The lowest BCUT2D eigenvalue weighted by atomic mass is 10.2. The van der Waals surface area contributed by atoms with Gasteiger partial charge in [-0.3, -0.25) is 4.79 Å². The quantitative estimate of drug-likeness (QED) is 0.903. The van der Waals surface area contributed by atoms with Gasteiger partial charge in [0.2, 0.25) is 11.7 Å². The van der Waals surface area contributed by atoms with Crippen LogP contribution in [0.1, 0.15) is 19.8 Å². The molecule has 0 aliphatic heterocycles. The summed E-state index contributed by atoms with van der Waals surface area (Å²) < 4.78 is 13.1. The van der Waals surface area contributed by atoms with Crippen molar-refractivity contribution in [1.82, 2.24) is 25.5 Å². The largest absolute Gasteiger partial charge is 0.352 e. The SMILES string of the molecule is C[C@H](NC(=O)Cn1nnc(-c2cccc(F)c2)n1)C1CC1. The van der Waals surface area contributed by atoms with Crippen LogP contribution in [0.15, 0.2) is 24.3 Å². The van der Waals surface area contributed by atoms with Gasteiger partial charge in [-0.15, -0.1) is 10.2 Å². The molecule has 0 unspecified atom stereocenters. The molecule has 110 valence electrons. The van der Waals surface area contributed by atoms with Gasteiger partial charge in [0.15, 0.2) is 0 Å². The number of hydrogen-bond acceptors (Lipinski definition) is 4. The van der Waals surface area contributed by atoms with Gasteiger partial charge in [0, 0.05) is 11.6 Å². The number of carbonyl (C=O) groups is 1. The number of rotatable bonds is 5. The van der Waals surface area contributed by atoms with Crippen molar-refractivity contribution < 1.29 is 9.18 Å². The molecule has 1 N–H and O–H groups in total. The zero-order valence-electron chi connectivity index (χ0n) is 11.7. The van der Waals surface area contributed by atoms with E-state index in [1.54, 1.807) is 12.1 Å². The Hall–Kier alpha value is -2.31. The first-order valence-corrected chi connectivity index (χ1v) is 6.95. The number of tetrazole rings is 1. The minimum atomic E-state index is -0.361. The van der Waals surface area contributed by atoms with E-state index in [1.165, 1.54) is 29.8 Å². The number of hydrogen-bond donors (Lipinski definition) is 1. The average molecular weight is 289 g/mol. The molecule has 0 spiro atoms. The van der Waals surface area contributed by atoms with Crippen molar-refractivity contribution in [3.05, 3.63) is 30.1 Å². The predicted molar refractivity (Wildman–Crippen MR) is 73.5 cm³/mol. The molecule has 1 aromatic carbocycles. The second-order valence-electron chi connectivity index (χ2n) is 5.35. The first-order chi connectivity index (χ1) is 10.1. The highest BCUT2D eigenvalue weighted by molar-refractivity contribution is 5.75. The highest BCUT2D eigenvalue weighted by Gasteiger charge is 2.28. The van der Waals surface area contributed by atoms with Crippen molar-refractivity contribution in [2.75, 3.05) is 0 Å². The van der Waals surface area contributed by atoms with Gasteiger partial charge in [-0.05, 0) is 43.0 Å². The molecule has 7 heteroatoms. The summed E-state index contributed by atoms with van der Waals surface area (Å²) in [7, 11) is 0. The number of benzene rings is 1. The lowest BCUT2D eigenvalue weighted by molar-refractivity contribution is -0.122. The molecule has 1 aliphatic rings. The molecule has 0 radical (unpaired) electrons. The fourth-order valence-corrected chi connectivity index (χ4v) is 2.20. The maximum absolute atomic E-state index is 13.1. The second-order valence-corrected chi connectivity index (χ2v) is 5.35. The van der Waals surface area contributed by atoms with Crippen molar-refractivity contribution in [3.63, 3.8) is 0 Å². The first kappa shape index (κ1) is 13.7. The summed E-state index contributed by atoms with van der Waals surface area (Å²) in [6.07, 6.45) is 2.35. The monoisotopic (exact) mass is 289 g/mol. The molecular formula is C14H16FN5O. The Morgan fingerprint density at radius 2 is 2.33 bits per heavy atom. The molecule has 3 rings (SSSR count). The summed E-state index contributed by atoms with van der Waals surface area (Å²) in [6, 6.07) is 6.13. The van der Waals surface area contributed by atoms with Crippen LogP contribution in [-0.4, -0.2) is 32.2 Å². The Bertz CT molecular complexity index is 652. The van der Waals surface area contributed by atoms with E-state index < -0.39 is 0 Å². The molecule has 1 aromatic heterocycles. The standard InChI is InChI=1S/C14H16FN5O/c1-9(10-5-6-10)16-13(21)8-20-18-14(17-19-20)11-3-2-4-12(15)7-11/h2-4,7,9-10H,5-6,8H2,1H3,(H,16,21)/t9-/m0/s1. The molecule has 6 nitrogen and oxygen atoms in total. The average Bonchev–Trinajstić information content (AvgIpc) is 3.19. The first-order valence-electron chi connectivity index (χ1n) is 6.95. The van der Waals surface area contributed by atoms with Crippen LogP contribution in [0.2, 0.25) is 0 Å². The van der Waals surface area contributed by atoms with Gasteiger partial charge in [-0.1, -0.05) is 12.1 Å². The van der Waals surface area contributed by atoms with E-state index in [1.807, 2.05) is 6.92 Å². The van der Waals surface area contributed by atoms with Crippen molar-refractivity contribution in [1.29, 1.82) is 0 Å². The van der Waals surface area contributed by atoms with Gasteiger partial charge in [0.05, 0.1) is 0 Å². The predicted octanol–water partition coefficient (Wildman–Crippen LogP) is 1.39. The highest BCUT2D eigenvalue weighted by atomic mass is 19.1. The third-order valence-corrected chi connectivity index (χ3v) is 3.54. The van der Waals surface area contributed by atoms with E-state index in [-0.39, 0.29) is 24.3 Å². The molecule has 2 aromatic rings. The topological polar surface area (TPSA) is 72.7 Å². The van der Waals surface area contributed by atoms with E-state index in [0.29, 0.717) is 17.3 Å². The Morgan fingerprint density at radius 1 is 1.52 bits per heavy atom. The molecule has 1 fully saturated rings. The normalized spacial score (nSPS) is 15.7. The maximum atomic E-state index is 13.1. The zero-order chi connectivity index (χ0) is 14.8.